The van der Waals surface area contributed by atoms with Crippen LogP contribution >= 0.6 is 0 Å². The minimum Gasteiger partial charge on any atom is -0.103 e. The van der Waals surface area contributed by atoms with Crippen molar-refractivity contribution in [3.05, 3.63) is 37.5 Å². The quantitative estimate of drug-likeness (QED) is 0.497. The van der Waals surface area contributed by atoms with Gasteiger partial charge in [0.15, 0.2) is 0 Å². The van der Waals surface area contributed by atoms with Gasteiger partial charge in [-0.1, -0.05) is 24.3 Å². The molecule has 2 aliphatic carbocycles. The van der Waals surface area contributed by atoms with Crippen LogP contribution in [0.1, 0.15) is 64.2 Å². The first-order chi connectivity index (χ1) is 9.81. The summed E-state index contributed by atoms with van der Waals surface area (Å²) in [5.74, 6) is 3.43. The summed E-state index contributed by atoms with van der Waals surface area (Å²) >= 11 is 0. The Bertz CT molecular complexity index is 309. The third kappa shape index (κ3) is 4.96. The predicted molar refractivity (Wildman–Crippen MR) is 89.7 cm³/mol. The molecule has 0 aromatic heterocycles. The topological polar surface area (TPSA) is 0 Å². The molecule has 0 aromatic carbocycles. The Morgan fingerprint density at radius 3 is 1.75 bits per heavy atom. The molecule has 2 aliphatic rings. The molecule has 0 bridgehead atoms. The molecule has 2 fully saturated rings. The van der Waals surface area contributed by atoms with Crippen LogP contribution < -0.4 is 0 Å². The highest BCUT2D eigenvalue weighted by molar-refractivity contribution is 4.94. The maximum absolute atomic E-state index is 3.93. The van der Waals surface area contributed by atoms with E-state index in [0.717, 1.165) is 23.7 Å². The Morgan fingerprint density at radius 2 is 1.20 bits per heavy atom. The van der Waals surface area contributed by atoms with Gasteiger partial charge in [-0.05, 0) is 87.9 Å². The van der Waals surface area contributed by atoms with Crippen LogP contribution in [0.5, 0.6) is 0 Å². The van der Waals surface area contributed by atoms with Gasteiger partial charge in [-0.3, -0.25) is 0 Å². The van der Waals surface area contributed by atoms with Crippen molar-refractivity contribution in [1.29, 1.82) is 0 Å². The molecule has 112 valence electrons. The van der Waals surface area contributed by atoms with Crippen LogP contribution in [0.4, 0.5) is 0 Å². The van der Waals surface area contributed by atoms with E-state index in [0.29, 0.717) is 0 Å². The minimum absolute atomic E-state index is 0.791. The zero-order chi connectivity index (χ0) is 14.2. The van der Waals surface area contributed by atoms with Gasteiger partial charge in [-0.2, -0.15) is 0 Å². The molecule has 0 heterocycles. The van der Waals surface area contributed by atoms with Gasteiger partial charge < -0.3 is 0 Å². The van der Waals surface area contributed by atoms with E-state index in [-0.39, 0.29) is 0 Å². The summed E-state index contributed by atoms with van der Waals surface area (Å²) in [7, 11) is 0. The first-order valence-corrected chi connectivity index (χ1v) is 8.73. The Morgan fingerprint density at radius 1 is 0.700 bits per heavy atom. The summed E-state index contributed by atoms with van der Waals surface area (Å²) in [6.07, 6.45) is 23.1. The van der Waals surface area contributed by atoms with Gasteiger partial charge in [0.1, 0.15) is 0 Å². The molecule has 2 rings (SSSR count). The van der Waals surface area contributed by atoms with E-state index in [9.17, 15) is 0 Å². The molecule has 0 N–H and O–H groups in total. The Labute approximate surface area is 126 Å². The van der Waals surface area contributed by atoms with Crippen LogP contribution in [-0.4, -0.2) is 0 Å². The fourth-order valence-electron chi connectivity index (χ4n) is 3.91. The molecular weight excluding hydrogens is 240 g/mol. The molecule has 0 unspecified atom stereocenters. The molecule has 0 atom stereocenters. The SMILES string of the molecule is C=CC1CCC(/C=C/CCC2CCC(C=C)CC2)CC1. The molecule has 0 aliphatic heterocycles. The first kappa shape index (κ1) is 15.6. The summed E-state index contributed by atoms with van der Waals surface area (Å²) in [6, 6.07) is 0. The second kappa shape index (κ2) is 8.49. The van der Waals surface area contributed by atoms with Crippen LogP contribution in [0.15, 0.2) is 37.5 Å². The average molecular weight is 272 g/mol. The third-order valence-electron chi connectivity index (χ3n) is 5.52. The van der Waals surface area contributed by atoms with E-state index in [1.807, 2.05) is 0 Å². The van der Waals surface area contributed by atoms with E-state index >= 15 is 0 Å². The Hall–Kier alpha value is -0.780. The van der Waals surface area contributed by atoms with Crippen molar-refractivity contribution < 1.29 is 0 Å². The van der Waals surface area contributed by atoms with Crippen LogP contribution in [-0.2, 0) is 0 Å². The fourth-order valence-corrected chi connectivity index (χ4v) is 3.91. The zero-order valence-electron chi connectivity index (χ0n) is 13.1. The molecular formula is C20H32. The summed E-state index contributed by atoms with van der Waals surface area (Å²) in [5, 5.41) is 0. The van der Waals surface area contributed by atoms with E-state index in [1.54, 1.807) is 0 Å². The van der Waals surface area contributed by atoms with Crippen molar-refractivity contribution >= 4 is 0 Å². The maximum atomic E-state index is 3.93. The molecule has 0 spiro atoms. The lowest BCUT2D eigenvalue weighted by molar-refractivity contribution is 0.297. The van der Waals surface area contributed by atoms with E-state index in [1.165, 1.54) is 64.2 Å². The van der Waals surface area contributed by atoms with Crippen molar-refractivity contribution in [2.75, 3.05) is 0 Å². The normalized spacial score (nSPS) is 35.0. The summed E-state index contributed by atoms with van der Waals surface area (Å²) < 4.78 is 0. The lowest BCUT2D eigenvalue weighted by atomic mass is 9.79. The Balaban J connectivity index is 1.58. The van der Waals surface area contributed by atoms with Crippen LogP contribution in [0, 0.1) is 23.7 Å². The number of rotatable bonds is 6. The zero-order valence-corrected chi connectivity index (χ0v) is 13.1. The average Bonchev–Trinajstić information content (AvgIpc) is 2.53. The standard InChI is InChI=1S/C20H32/c1-3-17-9-13-19(14-10-17)7-5-6-8-20-15-11-18(4-2)12-16-20/h3-5,7,17-20H,1-2,6,8-16H2/b7-5+. The molecule has 0 heteroatoms. The van der Waals surface area contributed by atoms with Crippen molar-refractivity contribution in [1.82, 2.24) is 0 Å². The maximum Gasteiger partial charge on any atom is -0.0233 e. The summed E-state index contributed by atoms with van der Waals surface area (Å²) in [6.45, 7) is 7.85. The van der Waals surface area contributed by atoms with Gasteiger partial charge in [0.25, 0.3) is 0 Å². The minimum atomic E-state index is 0.791. The Kier molecular flexibility index (Phi) is 6.63. The van der Waals surface area contributed by atoms with Gasteiger partial charge in [-0.15, -0.1) is 13.2 Å². The van der Waals surface area contributed by atoms with Crippen molar-refractivity contribution in [3.8, 4) is 0 Å². The molecule has 20 heavy (non-hydrogen) atoms. The second-order valence-corrected chi connectivity index (χ2v) is 6.93. The largest absolute Gasteiger partial charge is 0.103 e. The van der Waals surface area contributed by atoms with Crippen molar-refractivity contribution in [3.63, 3.8) is 0 Å². The molecule has 2 saturated carbocycles. The van der Waals surface area contributed by atoms with Gasteiger partial charge in [-0.25, -0.2) is 0 Å². The summed E-state index contributed by atoms with van der Waals surface area (Å²) in [4.78, 5) is 0. The van der Waals surface area contributed by atoms with Crippen LogP contribution in [0.2, 0.25) is 0 Å². The van der Waals surface area contributed by atoms with E-state index < -0.39 is 0 Å². The van der Waals surface area contributed by atoms with E-state index in [2.05, 4.69) is 37.5 Å². The van der Waals surface area contributed by atoms with Gasteiger partial charge in [0.2, 0.25) is 0 Å². The first-order valence-electron chi connectivity index (χ1n) is 8.73. The fraction of sp³-hybridized carbons (Fsp3) is 0.700. The van der Waals surface area contributed by atoms with Crippen LogP contribution in [0.25, 0.3) is 0 Å². The number of allylic oxidation sites excluding steroid dienone is 4. The molecule has 0 aromatic rings. The molecule has 0 saturated heterocycles. The lowest BCUT2D eigenvalue weighted by Gasteiger charge is -2.26. The third-order valence-corrected chi connectivity index (χ3v) is 5.52. The van der Waals surface area contributed by atoms with Crippen molar-refractivity contribution in [2.45, 2.75) is 64.2 Å². The highest BCUT2D eigenvalue weighted by Crippen LogP contribution is 2.33. The van der Waals surface area contributed by atoms with E-state index in [4.69, 9.17) is 0 Å². The highest BCUT2D eigenvalue weighted by atomic mass is 14.2. The number of hydrogen-bond acceptors (Lipinski definition) is 0. The smallest absolute Gasteiger partial charge is 0.0233 e. The number of hydrogen-bond donors (Lipinski definition) is 0. The molecule has 0 amide bonds. The van der Waals surface area contributed by atoms with Crippen LogP contribution in [0.3, 0.4) is 0 Å². The lowest BCUT2D eigenvalue weighted by Crippen LogP contribution is -2.12. The predicted octanol–water partition coefficient (Wildman–Crippen LogP) is 6.31. The van der Waals surface area contributed by atoms with Gasteiger partial charge >= 0.3 is 0 Å². The molecule has 0 nitrogen and oxygen atoms in total. The second-order valence-electron chi connectivity index (χ2n) is 6.93. The van der Waals surface area contributed by atoms with Gasteiger partial charge in [0.05, 0.1) is 0 Å². The highest BCUT2D eigenvalue weighted by Gasteiger charge is 2.19. The van der Waals surface area contributed by atoms with Crippen molar-refractivity contribution in [2.24, 2.45) is 23.7 Å². The van der Waals surface area contributed by atoms with Gasteiger partial charge in [0, 0.05) is 0 Å². The molecule has 0 radical (unpaired) electrons. The monoisotopic (exact) mass is 272 g/mol. The summed E-state index contributed by atoms with van der Waals surface area (Å²) in [5.41, 5.74) is 0.